The Kier molecular flexibility index (Phi) is 21.1. The molecule has 23 heavy (non-hydrogen) atoms. The Balaban J connectivity index is -0.000000250. The lowest BCUT2D eigenvalue weighted by Gasteiger charge is -1.92. The molecule has 0 unspecified atom stereocenters. The highest BCUT2D eigenvalue weighted by molar-refractivity contribution is 5.07. The van der Waals surface area contributed by atoms with Gasteiger partial charge in [0, 0.05) is 24.6 Å². The third-order valence-corrected chi connectivity index (χ3v) is 2.10. The topological polar surface area (TPSA) is 46.5 Å². The largest absolute Gasteiger partial charge is 0.349 e. The van der Waals surface area contributed by atoms with E-state index >= 15 is 0 Å². The van der Waals surface area contributed by atoms with Crippen LogP contribution in [0.4, 0.5) is 0 Å². The van der Waals surface area contributed by atoms with E-state index in [1.807, 2.05) is 53.3 Å². The van der Waals surface area contributed by atoms with Crippen molar-refractivity contribution in [2.45, 2.75) is 75.7 Å². The molecule has 0 atom stereocenters. The van der Waals surface area contributed by atoms with E-state index in [0.717, 1.165) is 23.7 Å². The van der Waals surface area contributed by atoms with E-state index < -0.39 is 0 Å². The highest BCUT2D eigenvalue weighted by Crippen LogP contribution is 2.00. The molecule has 2 rings (SSSR count). The van der Waals surface area contributed by atoms with Crippen molar-refractivity contribution in [2.24, 2.45) is 13.0 Å². The van der Waals surface area contributed by atoms with Crippen LogP contribution in [0.25, 0.3) is 0 Å². The zero-order chi connectivity index (χ0) is 18.8. The first-order valence-corrected chi connectivity index (χ1v) is 8.81. The molecule has 0 aliphatic carbocycles. The van der Waals surface area contributed by atoms with Gasteiger partial charge < -0.3 is 4.98 Å². The molecule has 0 fully saturated rings. The molecule has 4 heteroatoms. The number of aromatic amines is 1. The maximum absolute atomic E-state index is 4.20. The third kappa shape index (κ3) is 18.4. The molecule has 0 spiro atoms. The van der Waals surface area contributed by atoms with E-state index in [0.29, 0.717) is 0 Å². The molecule has 0 radical (unpaired) electrons. The Labute approximate surface area is 144 Å². The molecule has 0 saturated heterocycles. The molecule has 0 aliphatic rings. The van der Waals surface area contributed by atoms with Gasteiger partial charge in [0.25, 0.3) is 0 Å². The second kappa shape index (κ2) is 18.5. The summed E-state index contributed by atoms with van der Waals surface area (Å²) in [4.78, 5) is 6.66. The maximum atomic E-state index is 4.20. The average molecular weight is 325 g/mol. The lowest BCUT2D eigenvalue weighted by molar-refractivity contribution is 0.711. The minimum absolute atomic E-state index is 0.833. The van der Waals surface area contributed by atoms with E-state index in [4.69, 9.17) is 0 Å². The standard InChI is InChI=1S/C7H12N2.C4H6N2.C4H10.2C2H6/c1-4-7-5-6(2)8-9(7)3;1-4-2-5-3-6-4;1-4(2)3;2*1-2/h5H,4H2,1-3H3;2-3H,1H3,(H,5,6);4H,1-3H3;2*1-2H3. The van der Waals surface area contributed by atoms with Crippen LogP contribution in [0.2, 0.25) is 0 Å². The van der Waals surface area contributed by atoms with Crippen LogP contribution in [0, 0.1) is 19.8 Å². The van der Waals surface area contributed by atoms with Crippen LogP contribution < -0.4 is 0 Å². The molecule has 0 saturated carbocycles. The molecule has 1 N–H and O–H groups in total. The summed E-state index contributed by atoms with van der Waals surface area (Å²) in [6, 6.07) is 2.11. The second-order valence-corrected chi connectivity index (χ2v) is 5.22. The van der Waals surface area contributed by atoms with E-state index in [9.17, 15) is 0 Å². The highest BCUT2D eigenvalue weighted by Gasteiger charge is 1.96. The summed E-state index contributed by atoms with van der Waals surface area (Å²) in [5.41, 5.74) is 3.51. The van der Waals surface area contributed by atoms with Crippen LogP contribution in [0.15, 0.2) is 18.6 Å². The van der Waals surface area contributed by atoms with Gasteiger partial charge >= 0.3 is 0 Å². The van der Waals surface area contributed by atoms with Crippen molar-refractivity contribution < 1.29 is 0 Å². The van der Waals surface area contributed by atoms with Gasteiger partial charge in [0.1, 0.15) is 0 Å². The fraction of sp³-hybridized carbons (Fsp3) is 0.684. The molecular formula is C19H40N4. The molecule has 0 aromatic carbocycles. The van der Waals surface area contributed by atoms with Crippen molar-refractivity contribution in [2.75, 3.05) is 0 Å². The van der Waals surface area contributed by atoms with E-state index in [2.05, 4.69) is 48.8 Å². The minimum Gasteiger partial charge on any atom is -0.349 e. The van der Waals surface area contributed by atoms with Crippen LogP contribution >= 0.6 is 0 Å². The smallest absolute Gasteiger partial charge is 0.0921 e. The Bertz CT molecular complexity index is 425. The highest BCUT2D eigenvalue weighted by atomic mass is 15.3. The second-order valence-electron chi connectivity index (χ2n) is 5.22. The summed E-state index contributed by atoms with van der Waals surface area (Å²) in [6.45, 7) is 20.6. The Hall–Kier alpha value is -1.58. The van der Waals surface area contributed by atoms with Gasteiger partial charge in [0.2, 0.25) is 0 Å². The summed E-state index contributed by atoms with van der Waals surface area (Å²) in [6.07, 6.45) is 4.51. The van der Waals surface area contributed by atoms with Crippen molar-refractivity contribution in [3.8, 4) is 0 Å². The summed E-state index contributed by atoms with van der Waals surface area (Å²) in [5, 5.41) is 4.20. The van der Waals surface area contributed by atoms with Crippen LogP contribution in [0.5, 0.6) is 0 Å². The van der Waals surface area contributed by atoms with Gasteiger partial charge in [-0.3, -0.25) is 4.68 Å². The van der Waals surface area contributed by atoms with Gasteiger partial charge in [0.15, 0.2) is 0 Å². The van der Waals surface area contributed by atoms with E-state index in [1.54, 1.807) is 12.5 Å². The molecular weight excluding hydrogens is 284 g/mol. The molecule has 0 bridgehead atoms. The summed E-state index contributed by atoms with van der Waals surface area (Å²) in [5.74, 6) is 0.833. The first-order chi connectivity index (χ1) is 10.9. The Morgan fingerprint density at radius 1 is 1.09 bits per heavy atom. The monoisotopic (exact) mass is 324 g/mol. The fourth-order valence-corrected chi connectivity index (χ4v) is 1.32. The van der Waals surface area contributed by atoms with Crippen molar-refractivity contribution in [3.05, 3.63) is 35.7 Å². The molecule has 4 nitrogen and oxygen atoms in total. The summed E-state index contributed by atoms with van der Waals surface area (Å²) in [7, 11) is 1.98. The number of nitrogens with zero attached hydrogens (tertiary/aromatic N) is 3. The number of hydrogen-bond acceptors (Lipinski definition) is 2. The van der Waals surface area contributed by atoms with Gasteiger partial charge in [0.05, 0.1) is 12.0 Å². The van der Waals surface area contributed by atoms with Crippen molar-refractivity contribution in [1.29, 1.82) is 0 Å². The Morgan fingerprint density at radius 3 is 1.70 bits per heavy atom. The SMILES string of the molecule is CC.CC.CC(C)C.CCc1cc(C)nn1C.Cc1cnc[nH]1. The summed E-state index contributed by atoms with van der Waals surface area (Å²) >= 11 is 0. The minimum atomic E-state index is 0.833. The van der Waals surface area contributed by atoms with E-state index in [1.165, 1.54) is 5.69 Å². The molecule has 0 amide bonds. The lowest BCUT2D eigenvalue weighted by atomic mass is 10.3. The maximum Gasteiger partial charge on any atom is 0.0921 e. The van der Waals surface area contributed by atoms with Gasteiger partial charge in [-0.15, -0.1) is 0 Å². The average Bonchev–Trinajstić information content (AvgIpc) is 3.11. The number of aryl methyl sites for hydroxylation is 4. The normalized spacial score (nSPS) is 8.35. The van der Waals surface area contributed by atoms with Gasteiger partial charge in [-0.2, -0.15) is 5.10 Å². The number of imidazole rings is 1. The van der Waals surface area contributed by atoms with Gasteiger partial charge in [-0.1, -0.05) is 55.4 Å². The molecule has 2 aromatic heterocycles. The molecule has 0 aliphatic heterocycles. The van der Waals surface area contributed by atoms with Crippen LogP contribution in [-0.4, -0.2) is 19.7 Å². The number of hydrogen-bond donors (Lipinski definition) is 1. The quantitative estimate of drug-likeness (QED) is 0.728. The predicted octanol–water partition coefficient (Wildman–Crippen LogP) is 5.72. The first kappa shape index (κ1) is 26.3. The molecule has 2 heterocycles. The predicted molar refractivity (Wildman–Crippen MR) is 104 cm³/mol. The van der Waals surface area contributed by atoms with Gasteiger partial charge in [-0.05, 0) is 32.3 Å². The number of rotatable bonds is 1. The van der Waals surface area contributed by atoms with Crippen LogP contribution in [-0.2, 0) is 13.5 Å². The van der Waals surface area contributed by atoms with Crippen LogP contribution in [0.3, 0.4) is 0 Å². The summed E-state index contributed by atoms with van der Waals surface area (Å²) < 4.78 is 1.93. The fourth-order valence-electron chi connectivity index (χ4n) is 1.32. The van der Waals surface area contributed by atoms with Crippen LogP contribution in [0.1, 0.15) is 72.5 Å². The van der Waals surface area contributed by atoms with Crippen molar-refractivity contribution in [1.82, 2.24) is 19.7 Å². The van der Waals surface area contributed by atoms with Crippen molar-refractivity contribution >= 4 is 0 Å². The van der Waals surface area contributed by atoms with Crippen molar-refractivity contribution in [3.63, 3.8) is 0 Å². The zero-order valence-corrected chi connectivity index (χ0v) is 17.4. The van der Waals surface area contributed by atoms with Gasteiger partial charge in [-0.25, -0.2) is 4.98 Å². The number of nitrogens with one attached hydrogen (secondary N) is 1. The Morgan fingerprint density at radius 2 is 1.57 bits per heavy atom. The molecule has 136 valence electrons. The first-order valence-electron chi connectivity index (χ1n) is 8.81. The van der Waals surface area contributed by atoms with E-state index in [-0.39, 0.29) is 0 Å². The zero-order valence-electron chi connectivity index (χ0n) is 17.4. The number of H-pyrrole nitrogens is 1. The molecule has 2 aromatic rings. The third-order valence-electron chi connectivity index (χ3n) is 2.10. The number of aromatic nitrogens is 4. The lowest BCUT2D eigenvalue weighted by Crippen LogP contribution is -1.95.